The summed E-state index contributed by atoms with van der Waals surface area (Å²) in [6.45, 7) is 2.31. The lowest BCUT2D eigenvalue weighted by Gasteiger charge is -2.11. The number of likely N-dealkylation sites (N-methyl/N-ethyl adjacent to an activating group) is 1. The Bertz CT molecular complexity index is 286. The van der Waals surface area contributed by atoms with Crippen LogP contribution in [0.25, 0.3) is 0 Å². The minimum Gasteiger partial charge on any atom is -0.492 e. The first-order valence-corrected chi connectivity index (χ1v) is 5.44. The summed E-state index contributed by atoms with van der Waals surface area (Å²) in [7, 11) is 4.04. The largest absolute Gasteiger partial charge is 0.492 e. The maximum absolute atomic E-state index is 8.66. The van der Waals surface area contributed by atoms with Crippen LogP contribution in [-0.2, 0) is 0 Å². The van der Waals surface area contributed by atoms with Gasteiger partial charge in [-0.05, 0) is 38.4 Å². The highest BCUT2D eigenvalue weighted by molar-refractivity contribution is 5.46. The summed E-state index contributed by atoms with van der Waals surface area (Å²) in [4.78, 5) is 2.08. The van der Waals surface area contributed by atoms with E-state index in [1.54, 1.807) is 0 Å². The highest BCUT2D eigenvalue weighted by Crippen LogP contribution is 2.15. The van der Waals surface area contributed by atoms with Crippen LogP contribution in [0.3, 0.4) is 0 Å². The molecule has 2 N–H and O–H groups in total. The van der Waals surface area contributed by atoms with Gasteiger partial charge in [-0.25, -0.2) is 0 Å². The Morgan fingerprint density at radius 3 is 2.50 bits per heavy atom. The molecule has 0 amide bonds. The summed E-state index contributed by atoms with van der Waals surface area (Å²) in [6.07, 6.45) is 0. The van der Waals surface area contributed by atoms with Crippen LogP contribution in [0.2, 0.25) is 0 Å². The highest BCUT2D eigenvalue weighted by atomic mass is 16.5. The van der Waals surface area contributed by atoms with Gasteiger partial charge in [0.25, 0.3) is 0 Å². The van der Waals surface area contributed by atoms with E-state index in [0.29, 0.717) is 13.2 Å². The van der Waals surface area contributed by atoms with Gasteiger partial charge in [0, 0.05) is 18.8 Å². The monoisotopic (exact) mass is 224 g/mol. The first-order chi connectivity index (χ1) is 7.72. The Kier molecular flexibility index (Phi) is 5.67. The van der Waals surface area contributed by atoms with Crippen molar-refractivity contribution in [2.24, 2.45) is 0 Å². The molecule has 0 spiro atoms. The van der Waals surface area contributed by atoms with Crippen LogP contribution >= 0.6 is 0 Å². The number of nitrogens with one attached hydrogen (secondary N) is 1. The average molecular weight is 224 g/mol. The van der Waals surface area contributed by atoms with E-state index >= 15 is 0 Å². The lowest BCUT2D eigenvalue weighted by atomic mass is 10.3. The van der Waals surface area contributed by atoms with Crippen LogP contribution in [0.5, 0.6) is 5.75 Å². The average Bonchev–Trinajstić information content (AvgIpc) is 2.27. The maximum Gasteiger partial charge on any atom is 0.119 e. The quantitative estimate of drug-likeness (QED) is 0.726. The molecule has 4 heteroatoms. The molecule has 90 valence electrons. The van der Waals surface area contributed by atoms with E-state index in [9.17, 15) is 0 Å². The third-order valence-electron chi connectivity index (χ3n) is 2.10. The lowest BCUT2D eigenvalue weighted by Crippen LogP contribution is -2.19. The molecule has 0 aliphatic rings. The van der Waals surface area contributed by atoms with Gasteiger partial charge < -0.3 is 20.1 Å². The van der Waals surface area contributed by atoms with E-state index in [1.165, 1.54) is 0 Å². The van der Waals surface area contributed by atoms with Crippen molar-refractivity contribution < 1.29 is 9.84 Å². The first kappa shape index (κ1) is 12.8. The molecule has 0 aliphatic heterocycles. The second kappa shape index (κ2) is 7.09. The van der Waals surface area contributed by atoms with Gasteiger partial charge in [-0.3, -0.25) is 0 Å². The van der Waals surface area contributed by atoms with Crippen LogP contribution in [0, 0.1) is 0 Å². The van der Waals surface area contributed by atoms with E-state index in [1.807, 2.05) is 38.4 Å². The molecule has 0 aliphatic carbocycles. The fourth-order valence-corrected chi connectivity index (χ4v) is 1.22. The number of rotatable bonds is 7. The molecule has 0 aromatic heterocycles. The Hall–Kier alpha value is -1.26. The topological polar surface area (TPSA) is 44.7 Å². The van der Waals surface area contributed by atoms with Crippen molar-refractivity contribution in [2.45, 2.75) is 0 Å². The first-order valence-electron chi connectivity index (χ1n) is 5.44. The molecule has 0 atom stereocenters. The van der Waals surface area contributed by atoms with Gasteiger partial charge >= 0.3 is 0 Å². The van der Waals surface area contributed by atoms with Crippen LogP contribution in [0.4, 0.5) is 5.69 Å². The maximum atomic E-state index is 8.66. The molecule has 0 radical (unpaired) electrons. The molecule has 1 aromatic carbocycles. The summed E-state index contributed by atoms with van der Waals surface area (Å²) in [5, 5.41) is 11.7. The van der Waals surface area contributed by atoms with Crippen molar-refractivity contribution in [3.63, 3.8) is 0 Å². The number of nitrogens with zero attached hydrogens (tertiary/aromatic N) is 1. The van der Waals surface area contributed by atoms with Crippen LogP contribution in [-0.4, -0.2) is 50.4 Å². The van der Waals surface area contributed by atoms with Crippen molar-refractivity contribution in [1.82, 2.24) is 4.90 Å². The molecular formula is C12H20N2O2. The molecule has 0 heterocycles. The number of aliphatic hydroxyl groups is 1. The summed E-state index contributed by atoms with van der Waals surface area (Å²) >= 11 is 0. The van der Waals surface area contributed by atoms with Gasteiger partial charge in [0.15, 0.2) is 0 Å². The van der Waals surface area contributed by atoms with Gasteiger partial charge in [-0.2, -0.15) is 0 Å². The van der Waals surface area contributed by atoms with Gasteiger partial charge in [0.05, 0.1) is 6.61 Å². The second-order valence-corrected chi connectivity index (χ2v) is 3.83. The molecule has 0 unspecified atom stereocenters. The highest BCUT2D eigenvalue weighted by Gasteiger charge is 1.95. The molecule has 4 nitrogen and oxygen atoms in total. The van der Waals surface area contributed by atoms with Crippen LogP contribution in [0.1, 0.15) is 0 Å². The second-order valence-electron chi connectivity index (χ2n) is 3.83. The Balaban J connectivity index is 2.33. The van der Waals surface area contributed by atoms with Crippen LogP contribution < -0.4 is 10.1 Å². The number of anilines is 1. The Morgan fingerprint density at radius 1 is 1.25 bits per heavy atom. The predicted octanol–water partition coefficient (Wildman–Crippen LogP) is 1.03. The van der Waals surface area contributed by atoms with Crippen molar-refractivity contribution in [1.29, 1.82) is 0 Å². The van der Waals surface area contributed by atoms with Gasteiger partial charge in [0.2, 0.25) is 0 Å². The van der Waals surface area contributed by atoms with E-state index < -0.39 is 0 Å². The molecule has 0 fully saturated rings. The Morgan fingerprint density at radius 2 is 1.94 bits per heavy atom. The van der Waals surface area contributed by atoms with Gasteiger partial charge in [0.1, 0.15) is 12.4 Å². The third kappa shape index (κ3) is 5.00. The van der Waals surface area contributed by atoms with E-state index in [0.717, 1.165) is 18.0 Å². The summed E-state index contributed by atoms with van der Waals surface area (Å²) in [5.74, 6) is 0.872. The smallest absolute Gasteiger partial charge is 0.119 e. The van der Waals surface area contributed by atoms with Crippen molar-refractivity contribution in [2.75, 3.05) is 45.7 Å². The molecule has 16 heavy (non-hydrogen) atoms. The minimum absolute atomic E-state index is 0.140. The predicted molar refractivity (Wildman–Crippen MR) is 66.1 cm³/mol. The zero-order valence-electron chi connectivity index (χ0n) is 9.94. The third-order valence-corrected chi connectivity index (χ3v) is 2.10. The van der Waals surface area contributed by atoms with E-state index in [-0.39, 0.29) is 6.61 Å². The molecule has 1 aromatic rings. The molecule has 0 bridgehead atoms. The molecule has 0 saturated heterocycles. The summed E-state index contributed by atoms with van der Waals surface area (Å²) < 4.78 is 5.56. The summed E-state index contributed by atoms with van der Waals surface area (Å²) in [5.41, 5.74) is 0.994. The molecular weight excluding hydrogens is 204 g/mol. The number of benzene rings is 1. The minimum atomic E-state index is 0.140. The number of ether oxygens (including phenoxy) is 1. The normalized spacial score (nSPS) is 10.5. The van der Waals surface area contributed by atoms with Crippen molar-refractivity contribution in [3.8, 4) is 5.75 Å². The van der Waals surface area contributed by atoms with Crippen LogP contribution in [0.15, 0.2) is 24.3 Å². The number of aliphatic hydroxyl groups excluding tert-OH is 1. The van der Waals surface area contributed by atoms with Crippen molar-refractivity contribution in [3.05, 3.63) is 24.3 Å². The Labute approximate surface area is 96.8 Å². The molecule has 0 saturated carbocycles. The number of hydrogen-bond acceptors (Lipinski definition) is 4. The van der Waals surface area contributed by atoms with Crippen molar-refractivity contribution >= 4 is 5.69 Å². The molecule has 1 rings (SSSR count). The zero-order chi connectivity index (χ0) is 11.8. The zero-order valence-corrected chi connectivity index (χ0v) is 9.94. The summed E-state index contributed by atoms with van der Waals surface area (Å²) in [6, 6.07) is 7.74. The van der Waals surface area contributed by atoms with Gasteiger partial charge in [-0.15, -0.1) is 0 Å². The fraction of sp³-hybridized carbons (Fsp3) is 0.500. The van der Waals surface area contributed by atoms with Gasteiger partial charge in [-0.1, -0.05) is 0 Å². The van der Waals surface area contributed by atoms with E-state index in [2.05, 4.69) is 10.2 Å². The number of hydrogen-bond donors (Lipinski definition) is 2. The fourth-order valence-electron chi connectivity index (χ4n) is 1.22. The lowest BCUT2D eigenvalue weighted by molar-refractivity contribution is 0.261. The standard InChI is InChI=1S/C12H20N2O2/c1-14(2)8-10-16-12-5-3-11(4-6-12)13-7-9-15/h3-6,13,15H,7-10H2,1-2H3. The SMILES string of the molecule is CN(C)CCOc1ccc(NCCO)cc1. The van der Waals surface area contributed by atoms with E-state index in [4.69, 9.17) is 9.84 Å².